The van der Waals surface area contributed by atoms with Crippen LogP contribution >= 0.6 is 0 Å². The Balaban J connectivity index is 2.06. The van der Waals surface area contributed by atoms with Crippen molar-refractivity contribution in [2.75, 3.05) is 19.0 Å². The number of methoxy groups -OCH3 is 1. The normalized spacial score (nSPS) is 28.6. The van der Waals surface area contributed by atoms with Gasteiger partial charge < -0.3 is 15.8 Å². The van der Waals surface area contributed by atoms with E-state index in [-0.39, 0.29) is 17.5 Å². The predicted molar refractivity (Wildman–Crippen MR) is 61.8 cm³/mol. The average molecular weight is 224 g/mol. The molecule has 0 unspecified atom stereocenters. The van der Waals surface area contributed by atoms with Crippen molar-refractivity contribution in [3.05, 3.63) is 30.1 Å². The molecule has 0 atom stereocenters. The summed E-state index contributed by atoms with van der Waals surface area (Å²) in [6.07, 6.45) is 1.89. The van der Waals surface area contributed by atoms with Crippen LogP contribution in [0.4, 0.5) is 10.1 Å². The molecule has 1 aliphatic carbocycles. The molecule has 1 saturated carbocycles. The Morgan fingerprint density at radius 1 is 1.50 bits per heavy atom. The lowest BCUT2D eigenvalue weighted by Crippen LogP contribution is -2.58. The molecule has 0 radical (unpaired) electrons. The number of hydrogen-bond donors (Lipinski definition) is 2. The molecule has 0 bridgehead atoms. The van der Waals surface area contributed by atoms with Crippen LogP contribution in [0.2, 0.25) is 0 Å². The van der Waals surface area contributed by atoms with Gasteiger partial charge in [0.15, 0.2) is 0 Å². The summed E-state index contributed by atoms with van der Waals surface area (Å²) < 4.78 is 18.7. The molecule has 1 aromatic carbocycles. The lowest BCUT2D eigenvalue weighted by atomic mass is 9.74. The van der Waals surface area contributed by atoms with Crippen molar-refractivity contribution in [2.24, 2.45) is 5.73 Å². The van der Waals surface area contributed by atoms with E-state index in [0.717, 1.165) is 12.8 Å². The summed E-state index contributed by atoms with van der Waals surface area (Å²) in [6, 6.07) is 6.66. The summed E-state index contributed by atoms with van der Waals surface area (Å²) in [6.45, 7) is 0.487. The van der Waals surface area contributed by atoms with E-state index in [0.29, 0.717) is 12.2 Å². The predicted octanol–water partition coefficient (Wildman–Crippen LogP) is 1.74. The van der Waals surface area contributed by atoms with Crippen LogP contribution in [0.5, 0.6) is 0 Å². The SMILES string of the molecule is COC1CC(CN)(Nc2ccccc2F)C1. The maximum absolute atomic E-state index is 13.5. The highest BCUT2D eigenvalue weighted by molar-refractivity contribution is 5.48. The maximum Gasteiger partial charge on any atom is 0.146 e. The molecule has 16 heavy (non-hydrogen) atoms. The Bertz CT molecular complexity index is 364. The molecule has 4 heteroatoms. The van der Waals surface area contributed by atoms with Crippen molar-refractivity contribution in [3.8, 4) is 0 Å². The maximum atomic E-state index is 13.5. The third-order valence-electron chi connectivity index (χ3n) is 3.23. The number of rotatable bonds is 4. The van der Waals surface area contributed by atoms with Crippen molar-refractivity contribution in [3.63, 3.8) is 0 Å². The number of hydrogen-bond acceptors (Lipinski definition) is 3. The first kappa shape index (κ1) is 11.4. The highest BCUT2D eigenvalue weighted by Gasteiger charge is 2.43. The van der Waals surface area contributed by atoms with E-state index in [1.165, 1.54) is 6.07 Å². The van der Waals surface area contributed by atoms with Gasteiger partial charge in [-0.25, -0.2) is 4.39 Å². The molecule has 88 valence electrons. The molecular weight excluding hydrogens is 207 g/mol. The van der Waals surface area contributed by atoms with Crippen LogP contribution in [-0.4, -0.2) is 25.3 Å². The Labute approximate surface area is 94.8 Å². The average Bonchev–Trinajstić information content (AvgIpc) is 2.25. The van der Waals surface area contributed by atoms with Gasteiger partial charge in [0, 0.05) is 13.7 Å². The van der Waals surface area contributed by atoms with Crippen LogP contribution in [-0.2, 0) is 4.74 Å². The number of nitrogens with two attached hydrogens (primary N) is 1. The number of para-hydroxylation sites is 1. The number of halogens is 1. The molecule has 0 heterocycles. The Morgan fingerprint density at radius 2 is 2.19 bits per heavy atom. The van der Waals surface area contributed by atoms with Gasteiger partial charge in [0.25, 0.3) is 0 Å². The van der Waals surface area contributed by atoms with E-state index in [1.807, 2.05) is 6.07 Å². The minimum Gasteiger partial charge on any atom is -0.381 e. The van der Waals surface area contributed by atoms with Gasteiger partial charge in [-0.3, -0.25) is 0 Å². The van der Waals surface area contributed by atoms with E-state index in [2.05, 4.69) is 5.32 Å². The smallest absolute Gasteiger partial charge is 0.146 e. The van der Waals surface area contributed by atoms with E-state index < -0.39 is 0 Å². The summed E-state index contributed by atoms with van der Waals surface area (Å²) in [5, 5.41) is 3.19. The molecule has 1 aliphatic rings. The second-order valence-electron chi connectivity index (χ2n) is 4.36. The standard InChI is InChI=1S/C12H17FN2O/c1-16-9-6-12(7-9,8-14)15-11-5-3-2-4-10(11)13/h2-5,9,15H,6-8,14H2,1H3. The minimum atomic E-state index is -0.240. The lowest BCUT2D eigenvalue weighted by molar-refractivity contribution is -0.00256. The minimum absolute atomic E-state index is 0.205. The van der Waals surface area contributed by atoms with Gasteiger partial charge in [-0.2, -0.15) is 0 Å². The van der Waals surface area contributed by atoms with Crippen molar-refractivity contribution < 1.29 is 9.13 Å². The largest absolute Gasteiger partial charge is 0.381 e. The lowest BCUT2D eigenvalue weighted by Gasteiger charge is -2.47. The van der Waals surface area contributed by atoms with Crippen LogP contribution < -0.4 is 11.1 Å². The van der Waals surface area contributed by atoms with Crippen molar-refractivity contribution in [1.29, 1.82) is 0 Å². The number of anilines is 1. The quantitative estimate of drug-likeness (QED) is 0.819. The first-order valence-electron chi connectivity index (χ1n) is 5.45. The fourth-order valence-corrected chi connectivity index (χ4v) is 2.15. The van der Waals surface area contributed by atoms with Crippen molar-refractivity contribution >= 4 is 5.69 Å². The molecule has 0 amide bonds. The van der Waals surface area contributed by atoms with E-state index >= 15 is 0 Å². The summed E-state index contributed by atoms with van der Waals surface area (Å²) in [7, 11) is 1.69. The van der Waals surface area contributed by atoms with Crippen LogP contribution in [0, 0.1) is 5.82 Å². The van der Waals surface area contributed by atoms with Gasteiger partial charge in [-0.05, 0) is 25.0 Å². The molecule has 0 aliphatic heterocycles. The van der Waals surface area contributed by atoms with E-state index in [4.69, 9.17) is 10.5 Å². The fraction of sp³-hybridized carbons (Fsp3) is 0.500. The molecule has 0 saturated heterocycles. The van der Waals surface area contributed by atoms with Crippen molar-refractivity contribution in [2.45, 2.75) is 24.5 Å². The molecule has 2 rings (SSSR count). The van der Waals surface area contributed by atoms with Gasteiger partial charge in [0.05, 0.1) is 17.3 Å². The Kier molecular flexibility index (Phi) is 3.12. The number of ether oxygens (including phenoxy) is 1. The fourth-order valence-electron chi connectivity index (χ4n) is 2.15. The van der Waals surface area contributed by atoms with Crippen molar-refractivity contribution in [1.82, 2.24) is 0 Å². The van der Waals surface area contributed by atoms with Crippen LogP contribution in [0.15, 0.2) is 24.3 Å². The topological polar surface area (TPSA) is 47.3 Å². The monoisotopic (exact) mass is 224 g/mol. The second-order valence-corrected chi connectivity index (χ2v) is 4.36. The molecule has 0 aromatic heterocycles. The van der Waals surface area contributed by atoms with Gasteiger partial charge in [0.1, 0.15) is 5.82 Å². The summed E-state index contributed by atoms with van der Waals surface area (Å²) >= 11 is 0. The molecule has 1 fully saturated rings. The first-order valence-corrected chi connectivity index (χ1v) is 5.45. The zero-order valence-corrected chi connectivity index (χ0v) is 9.37. The van der Waals surface area contributed by atoms with E-state index in [1.54, 1.807) is 19.2 Å². The number of nitrogens with one attached hydrogen (secondary N) is 1. The Morgan fingerprint density at radius 3 is 2.75 bits per heavy atom. The van der Waals surface area contributed by atoms with Crippen LogP contribution in [0.25, 0.3) is 0 Å². The van der Waals surface area contributed by atoms with Gasteiger partial charge in [-0.15, -0.1) is 0 Å². The van der Waals surface area contributed by atoms with E-state index in [9.17, 15) is 4.39 Å². The molecular formula is C12H17FN2O. The molecule has 0 spiro atoms. The zero-order chi connectivity index (χ0) is 11.6. The highest BCUT2D eigenvalue weighted by Crippen LogP contribution is 2.36. The van der Waals surface area contributed by atoms with Crippen LogP contribution in [0.1, 0.15) is 12.8 Å². The summed E-state index contributed by atoms with van der Waals surface area (Å²) in [5.41, 5.74) is 6.05. The zero-order valence-electron chi connectivity index (χ0n) is 9.37. The summed E-state index contributed by atoms with van der Waals surface area (Å²) in [5.74, 6) is -0.240. The first-order chi connectivity index (χ1) is 7.69. The Hall–Kier alpha value is -1.13. The third kappa shape index (κ3) is 2.03. The second kappa shape index (κ2) is 4.39. The van der Waals surface area contributed by atoms with Gasteiger partial charge in [0.2, 0.25) is 0 Å². The molecule has 3 nitrogen and oxygen atoms in total. The molecule has 1 aromatic rings. The summed E-state index contributed by atoms with van der Waals surface area (Å²) in [4.78, 5) is 0. The third-order valence-corrected chi connectivity index (χ3v) is 3.23. The highest BCUT2D eigenvalue weighted by atomic mass is 19.1. The number of benzene rings is 1. The molecule has 3 N–H and O–H groups in total. The van der Waals surface area contributed by atoms with Crippen LogP contribution in [0.3, 0.4) is 0 Å². The van der Waals surface area contributed by atoms with Gasteiger partial charge >= 0.3 is 0 Å². The van der Waals surface area contributed by atoms with Gasteiger partial charge in [-0.1, -0.05) is 12.1 Å².